The number of phenols is 1. The zero-order valence-corrected chi connectivity index (χ0v) is 11.3. The second-order valence-corrected chi connectivity index (χ2v) is 5.06. The van der Waals surface area contributed by atoms with E-state index in [2.05, 4.69) is 10.6 Å². The monoisotopic (exact) mass is 286 g/mol. The minimum Gasteiger partial charge on any atom is -0.508 e. The molecule has 4 nitrogen and oxygen atoms in total. The van der Waals surface area contributed by atoms with Gasteiger partial charge in [0, 0.05) is 18.7 Å². The summed E-state index contributed by atoms with van der Waals surface area (Å²) in [5.74, 6) is -0.177. The van der Waals surface area contributed by atoms with Crippen LogP contribution in [0.15, 0.2) is 36.4 Å². The van der Waals surface area contributed by atoms with Gasteiger partial charge in [-0.25, -0.2) is 4.39 Å². The number of hydrogen-bond donors (Lipinski definition) is 3. The number of aromatic hydroxyl groups is 1. The van der Waals surface area contributed by atoms with Crippen molar-refractivity contribution in [3.63, 3.8) is 0 Å². The molecule has 2 aromatic carbocycles. The number of halogens is 1. The molecule has 0 fully saturated rings. The van der Waals surface area contributed by atoms with E-state index in [1.807, 2.05) is 0 Å². The number of carbonyl (C=O) groups is 1. The summed E-state index contributed by atoms with van der Waals surface area (Å²) in [6.45, 7) is 0.434. The summed E-state index contributed by atoms with van der Waals surface area (Å²) in [5, 5.41) is 15.0. The van der Waals surface area contributed by atoms with E-state index >= 15 is 0 Å². The van der Waals surface area contributed by atoms with Gasteiger partial charge in [0.2, 0.25) is 5.91 Å². The average molecular weight is 286 g/mol. The molecule has 3 N–H and O–H groups in total. The van der Waals surface area contributed by atoms with Gasteiger partial charge in [0.25, 0.3) is 0 Å². The summed E-state index contributed by atoms with van der Waals surface area (Å²) < 4.78 is 14.0. The number of benzene rings is 2. The van der Waals surface area contributed by atoms with Crippen molar-refractivity contribution in [2.45, 2.75) is 19.4 Å². The molecule has 1 heterocycles. The first-order valence-corrected chi connectivity index (χ1v) is 6.76. The van der Waals surface area contributed by atoms with Gasteiger partial charge in [0.15, 0.2) is 0 Å². The van der Waals surface area contributed by atoms with Gasteiger partial charge in [-0.05, 0) is 41.8 Å². The standard InChI is InChI=1S/C16H15FN2O2/c17-13-7-11-3-6-16(21)19-14(11)8-15(13)18-9-10-1-4-12(20)5-2-10/h1-2,4-5,7-8,18,20H,3,6,9H2,(H,19,21). The lowest BCUT2D eigenvalue weighted by molar-refractivity contribution is -0.116. The van der Waals surface area contributed by atoms with E-state index in [1.54, 1.807) is 30.3 Å². The van der Waals surface area contributed by atoms with Crippen LogP contribution in [0.5, 0.6) is 5.75 Å². The van der Waals surface area contributed by atoms with Gasteiger partial charge < -0.3 is 15.7 Å². The van der Waals surface area contributed by atoms with Gasteiger partial charge in [-0.15, -0.1) is 0 Å². The second kappa shape index (κ2) is 5.44. The molecule has 0 bridgehead atoms. The van der Waals surface area contributed by atoms with Crippen LogP contribution < -0.4 is 10.6 Å². The van der Waals surface area contributed by atoms with Gasteiger partial charge in [-0.3, -0.25) is 4.79 Å². The van der Waals surface area contributed by atoms with Gasteiger partial charge >= 0.3 is 0 Å². The Labute approximate surface area is 121 Å². The van der Waals surface area contributed by atoms with Gasteiger partial charge in [0.05, 0.1) is 5.69 Å². The van der Waals surface area contributed by atoms with E-state index in [0.717, 1.165) is 11.1 Å². The Balaban J connectivity index is 1.77. The highest BCUT2D eigenvalue weighted by Crippen LogP contribution is 2.28. The Kier molecular flexibility index (Phi) is 3.48. The minimum absolute atomic E-state index is 0.0430. The van der Waals surface area contributed by atoms with Crippen molar-refractivity contribution in [3.05, 3.63) is 53.3 Å². The number of phenolic OH excluding ortho intramolecular Hbond substituents is 1. The van der Waals surface area contributed by atoms with Crippen LogP contribution in [0.25, 0.3) is 0 Å². The first kappa shape index (κ1) is 13.4. The number of carbonyl (C=O) groups excluding carboxylic acids is 1. The zero-order valence-electron chi connectivity index (χ0n) is 11.3. The van der Waals surface area contributed by atoms with Crippen LogP contribution in [0.3, 0.4) is 0 Å². The Bertz CT molecular complexity index is 683. The fourth-order valence-electron chi connectivity index (χ4n) is 2.35. The SMILES string of the molecule is O=C1CCc2cc(F)c(NCc3ccc(O)cc3)cc2N1. The molecule has 0 unspecified atom stereocenters. The molecular formula is C16H15FN2O2. The van der Waals surface area contributed by atoms with E-state index in [-0.39, 0.29) is 17.5 Å². The maximum Gasteiger partial charge on any atom is 0.224 e. The van der Waals surface area contributed by atoms with E-state index in [4.69, 9.17) is 0 Å². The molecular weight excluding hydrogens is 271 g/mol. The smallest absolute Gasteiger partial charge is 0.224 e. The quantitative estimate of drug-likeness (QED) is 0.812. The molecule has 0 saturated heterocycles. The van der Waals surface area contributed by atoms with Crippen molar-refractivity contribution in [1.82, 2.24) is 0 Å². The normalized spacial score (nSPS) is 13.5. The molecule has 5 heteroatoms. The van der Waals surface area contributed by atoms with E-state index in [9.17, 15) is 14.3 Å². The molecule has 0 spiro atoms. The average Bonchev–Trinajstić information content (AvgIpc) is 2.47. The predicted molar refractivity (Wildman–Crippen MR) is 78.8 cm³/mol. The van der Waals surface area contributed by atoms with Crippen LogP contribution in [-0.2, 0) is 17.8 Å². The lowest BCUT2D eigenvalue weighted by Gasteiger charge is -2.19. The maximum atomic E-state index is 14.0. The summed E-state index contributed by atoms with van der Waals surface area (Å²) in [6, 6.07) is 9.79. The third-order valence-corrected chi connectivity index (χ3v) is 3.51. The Hall–Kier alpha value is -2.56. The first-order valence-electron chi connectivity index (χ1n) is 6.76. The fourth-order valence-corrected chi connectivity index (χ4v) is 2.35. The first-order chi connectivity index (χ1) is 10.1. The van der Waals surface area contributed by atoms with Gasteiger partial charge in [-0.2, -0.15) is 0 Å². The number of fused-ring (bicyclic) bond motifs is 1. The molecule has 108 valence electrons. The zero-order chi connectivity index (χ0) is 14.8. The van der Waals surface area contributed by atoms with Crippen LogP contribution >= 0.6 is 0 Å². The number of amides is 1. The summed E-state index contributed by atoms with van der Waals surface area (Å²) in [4.78, 5) is 11.4. The molecule has 1 aliphatic heterocycles. The van der Waals surface area contributed by atoms with Crippen molar-refractivity contribution < 1.29 is 14.3 Å². The lowest BCUT2D eigenvalue weighted by Crippen LogP contribution is -2.19. The van der Waals surface area contributed by atoms with Crippen molar-refractivity contribution in [2.24, 2.45) is 0 Å². The Morgan fingerprint density at radius 2 is 1.95 bits per heavy atom. The molecule has 21 heavy (non-hydrogen) atoms. The largest absolute Gasteiger partial charge is 0.508 e. The lowest BCUT2D eigenvalue weighted by atomic mass is 10.0. The number of aryl methyl sites for hydroxylation is 1. The molecule has 1 aliphatic rings. The Morgan fingerprint density at radius 1 is 1.19 bits per heavy atom. The van der Waals surface area contributed by atoms with Crippen LogP contribution in [0.4, 0.5) is 15.8 Å². The van der Waals surface area contributed by atoms with Gasteiger partial charge in [0.1, 0.15) is 11.6 Å². The van der Waals surface area contributed by atoms with Crippen LogP contribution in [-0.4, -0.2) is 11.0 Å². The number of nitrogens with one attached hydrogen (secondary N) is 2. The van der Waals surface area contributed by atoms with Crippen molar-refractivity contribution in [1.29, 1.82) is 0 Å². The molecule has 0 aliphatic carbocycles. The third-order valence-electron chi connectivity index (χ3n) is 3.51. The molecule has 2 aromatic rings. The summed E-state index contributed by atoms with van der Waals surface area (Å²) in [6.07, 6.45) is 0.961. The van der Waals surface area contributed by atoms with E-state index in [1.165, 1.54) is 6.07 Å². The summed E-state index contributed by atoms with van der Waals surface area (Å²) in [7, 11) is 0. The van der Waals surface area contributed by atoms with Gasteiger partial charge in [-0.1, -0.05) is 12.1 Å². The molecule has 0 atom stereocenters. The van der Waals surface area contributed by atoms with Crippen LogP contribution in [0.2, 0.25) is 0 Å². The molecule has 1 amide bonds. The summed E-state index contributed by atoms with van der Waals surface area (Å²) in [5.41, 5.74) is 2.76. The van der Waals surface area contributed by atoms with Crippen LogP contribution in [0.1, 0.15) is 17.5 Å². The minimum atomic E-state index is -0.330. The van der Waals surface area contributed by atoms with Crippen LogP contribution in [0, 0.1) is 5.82 Å². The Morgan fingerprint density at radius 3 is 2.71 bits per heavy atom. The highest BCUT2D eigenvalue weighted by Gasteiger charge is 2.17. The highest BCUT2D eigenvalue weighted by molar-refractivity contribution is 5.94. The predicted octanol–water partition coefficient (Wildman–Crippen LogP) is 3.03. The maximum absolute atomic E-state index is 14.0. The van der Waals surface area contributed by atoms with Crippen molar-refractivity contribution in [3.8, 4) is 5.75 Å². The third kappa shape index (κ3) is 2.97. The fraction of sp³-hybridized carbons (Fsp3) is 0.188. The highest BCUT2D eigenvalue weighted by atomic mass is 19.1. The number of hydrogen-bond acceptors (Lipinski definition) is 3. The molecule has 0 aromatic heterocycles. The molecule has 0 radical (unpaired) electrons. The second-order valence-electron chi connectivity index (χ2n) is 5.06. The number of rotatable bonds is 3. The van der Waals surface area contributed by atoms with E-state index in [0.29, 0.717) is 30.8 Å². The topological polar surface area (TPSA) is 61.4 Å². The summed E-state index contributed by atoms with van der Waals surface area (Å²) >= 11 is 0. The van der Waals surface area contributed by atoms with E-state index < -0.39 is 0 Å². The van der Waals surface area contributed by atoms with Crippen molar-refractivity contribution in [2.75, 3.05) is 10.6 Å². The number of anilines is 2. The molecule has 0 saturated carbocycles. The van der Waals surface area contributed by atoms with Crippen molar-refractivity contribution >= 4 is 17.3 Å². The molecule has 3 rings (SSSR count).